The first kappa shape index (κ1) is 10.1. The Morgan fingerprint density at radius 1 is 1.38 bits per heavy atom. The van der Waals surface area contributed by atoms with Crippen molar-refractivity contribution in [2.45, 2.75) is 19.3 Å². The van der Waals surface area contributed by atoms with E-state index in [9.17, 15) is 5.11 Å². The first-order valence-corrected chi connectivity index (χ1v) is 4.47. The zero-order valence-electron chi connectivity index (χ0n) is 7.84. The van der Waals surface area contributed by atoms with Gasteiger partial charge in [-0.3, -0.25) is 0 Å². The summed E-state index contributed by atoms with van der Waals surface area (Å²) in [5.74, 6) is 0.259. The Bertz CT molecular complexity index is 329. The van der Waals surface area contributed by atoms with Crippen molar-refractivity contribution in [1.29, 1.82) is 0 Å². The maximum Gasteiger partial charge on any atom is 0.119 e. The molecule has 13 heavy (non-hydrogen) atoms. The molecular weight excluding hydrogens is 184 g/mol. The van der Waals surface area contributed by atoms with E-state index in [1.54, 1.807) is 12.1 Å². The molecule has 0 aliphatic heterocycles. The van der Waals surface area contributed by atoms with E-state index in [0.717, 1.165) is 5.56 Å². The lowest BCUT2D eigenvalue weighted by atomic mass is 9.84. The van der Waals surface area contributed by atoms with E-state index in [1.165, 1.54) is 0 Å². The van der Waals surface area contributed by atoms with Gasteiger partial charge in [-0.05, 0) is 6.07 Å². The minimum atomic E-state index is -0.396. The van der Waals surface area contributed by atoms with Crippen LogP contribution in [0.2, 0.25) is 0 Å². The monoisotopic (exact) mass is 196 g/mol. The topological polar surface area (TPSA) is 20.2 Å². The number of para-hydroxylation sites is 1. The van der Waals surface area contributed by atoms with Crippen LogP contribution in [0.5, 0.6) is 5.75 Å². The Labute approximate surface area is 83.7 Å². The molecule has 0 aliphatic rings. The lowest BCUT2D eigenvalue weighted by Gasteiger charge is -2.24. The molecule has 1 aromatic carbocycles. The molecule has 2 heteroatoms. The molecule has 1 N–H and O–H groups in total. The van der Waals surface area contributed by atoms with E-state index in [1.807, 2.05) is 26.0 Å². The third-order valence-corrected chi connectivity index (χ3v) is 2.73. The summed E-state index contributed by atoms with van der Waals surface area (Å²) in [4.78, 5) is 0. The third kappa shape index (κ3) is 1.86. The normalized spacial score (nSPS) is 11.3. The van der Waals surface area contributed by atoms with Crippen molar-refractivity contribution >= 4 is 11.6 Å². The van der Waals surface area contributed by atoms with Gasteiger partial charge in [0.1, 0.15) is 5.75 Å². The summed E-state index contributed by atoms with van der Waals surface area (Å²) in [7, 11) is 0. The highest BCUT2D eigenvalue weighted by molar-refractivity contribution is 6.30. The van der Waals surface area contributed by atoms with Crippen molar-refractivity contribution < 1.29 is 5.11 Å². The number of hydrogen-bond donors (Lipinski definition) is 1. The van der Waals surface area contributed by atoms with Gasteiger partial charge in [-0.1, -0.05) is 50.2 Å². The van der Waals surface area contributed by atoms with E-state index in [0.29, 0.717) is 5.03 Å². The molecule has 0 fully saturated rings. The highest BCUT2D eigenvalue weighted by atomic mass is 35.5. The average molecular weight is 197 g/mol. The fraction of sp³-hybridized carbons (Fsp3) is 0.273. The van der Waals surface area contributed by atoms with Gasteiger partial charge in [0.2, 0.25) is 0 Å². The van der Waals surface area contributed by atoms with Crippen LogP contribution in [0.1, 0.15) is 19.4 Å². The largest absolute Gasteiger partial charge is 0.508 e. The molecule has 1 aromatic rings. The summed E-state index contributed by atoms with van der Waals surface area (Å²) in [5, 5.41) is 10.1. The highest BCUT2D eigenvalue weighted by Crippen LogP contribution is 2.37. The van der Waals surface area contributed by atoms with E-state index < -0.39 is 5.41 Å². The van der Waals surface area contributed by atoms with Crippen molar-refractivity contribution in [2.24, 2.45) is 0 Å². The van der Waals surface area contributed by atoms with Gasteiger partial charge in [0.15, 0.2) is 0 Å². The summed E-state index contributed by atoms with van der Waals surface area (Å²) in [6, 6.07) is 7.16. The standard InChI is InChI=1S/C11H13ClO/c1-8(12)11(2,3)9-6-4-5-7-10(9)13/h4-7,13H,1H2,2-3H3. The Morgan fingerprint density at radius 3 is 2.38 bits per heavy atom. The third-order valence-electron chi connectivity index (χ3n) is 2.26. The fourth-order valence-electron chi connectivity index (χ4n) is 1.15. The molecule has 1 rings (SSSR count). The van der Waals surface area contributed by atoms with Crippen molar-refractivity contribution in [3.63, 3.8) is 0 Å². The number of hydrogen-bond acceptors (Lipinski definition) is 1. The van der Waals surface area contributed by atoms with Crippen LogP contribution in [0.4, 0.5) is 0 Å². The van der Waals surface area contributed by atoms with Crippen LogP contribution in [0.3, 0.4) is 0 Å². The molecule has 0 heterocycles. The van der Waals surface area contributed by atoms with Gasteiger partial charge >= 0.3 is 0 Å². The van der Waals surface area contributed by atoms with Crippen molar-refractivity contribution in [3.8, 4) is 5.75 Å². The summed E-state index contributed by atoms with van der Waals surface area (Å²) < 4.78 is 0. The number of halogens is 1. The average Bonchev–Trinajstić information content (AvgIpc) is 2.04. The number of rotatable bonds is 2. The fourth-order valence-corrected chi connectivity index (χ4v) is 1.25. The van der Waals surface area contributed by atoms with E-state index in [-0.39, 0.29) is 5.75 Å². The minimum absolute atomic E-state index is 0.259. The summed E-state index contributed by atoms with van der Waals surface area (Å²) >= 11 is 5.87. The summed E-state index contributed by atoms with van der Waals surface area (Å²) in [6.45, 7) is 7.55. The highest BCUT2D eigenvalue weighted by Gasteiger charge is 2.25. The van der Waals surface area contributed by atoms with E-state index in [2.05, 4.69) is 6.58 Å². The molecule has 0 atom stereocenters. The Balaban J connectivity index is 3.22. The predicted molar refractivity (Wildman–Crippen MR) is 56.1 cm³/mol. The molecule has 1 nitrogen and oxygen atoms in total. The van der Waals surface area contributed by atoms with Crippen LogP contribution in [-0.2, 0) is 5.41 Å². The zero-order valence-corrected chi connectivity index (χ0v) is 8.60. The number of aromatic hydroxyl groups is 1. The molecule has 0 spiro atoms. The predicted octanol–water partition coefficient (Wildman–Crippen LogP) is 3.42. The van der Waals surface area contributed by atoms with Crippen molar-refractivity contribution in [2.75, 3.05) is 0 Å². The summed E-state index contributed by atoms with van der Waals surface area (Å²) in [5.41, 5.74) is 0.405. The maximum atomic E-state index is 9.60. The first-order valence-electron chi connectivity index (χ1n) is 4.09. The van der Waals surface area contributed by atoms with Crippen LogP contribution in [0, 0.1) is 0 Å². The van der Waals surface area contributed by atoms with Gasteiger partial charge in [-0.25, -0.2) is 0 Å². The van der Waals surface area contributed by atoms with Gasteiger partial charge in [-0.15, -0.1) is 0 Å². The lowest BCUT2D eigenvalue weighted by molar-refractivity contribution is 0.454. The Kier molecular flexibility index (Phi) is 2.67. The molecule has 0 unspecified atom stereocenters. The van der Waals surface area contributed by atoms with Crippen molar-refractivity contribution in [3.05, 3.63) is 41.4 Å². The molecule has 0 saturated heterocycles. The molecule has 0 radical (unpaired) electrons. The second-order valence-electron chi connectivity index (χ2n) is 3.55. The van der Waals surface area contributed by atoms with Crippen LogP contribution in [0.15, 0.2) is 35.9 Å². The molecule has 0 amide bonds. The van der Waals surface area contributed by atoms with Crippen LogP contribution in [0.25, 0.3) is 0 Å². The SMILES string of the molecule is C=C(Cl)C(C)(C)c1ccccc1O. The first-order chi connectivity index (χ1) is 5.96. The smallest absolute Gasteiger partial charge is 0.119 e. The quantitative estimate of drug-likeness (QED) is 0.769. The van der Waals surface area contributed by atoms with Gasteiger partial charge in [0.25, 0.3) is 0 Å². The number of phenols is 1. The minimum Gasteiger partial charge on any atom is -0.508 e. The van der Waals surface area contributed by atoms with E-state index >= 15 is 0 Å². The number of allylic oxidation sites excluding steroid dienone is 1. The Morgan fingerprint density at radius 2 is 1.92 bits per heavy atom. The lowest BCUT2D eigenvalue weighted by Crippen LogP contribution is -2.16. The zero-order chi connectivity index (χ0) is 10.1. The number of phenolic OH excluding ortho intramolecular Hbond substituents is 1. The summed E-state index contributed by atoms with van der Waals surface area (Å²) in [6.07, 6.45) is 0. The maximum absolute atomic E-state index is 9.60. The molecule has 0 aliphatic carbocycles. The van der Waals surface area contributed by atoms with Gasteiger partial charge < -0.3 is 5.11 Å². The second-order valence-corrected chi connectivity index (χ2v) is 4.00. The van der Waals surface area contributed by atoms with Crippen LogP contribution >= 0.6 is 11.6 Å². The molecule has 0 aromatic heterocycles. The van der Waals surface area contributed by atoms with Gasteiger partial charge in [0.05, 0.1) is 0 Å². The Hall–Kier alpha value is -0.950. The number of benzene rings is 1. The molecular formula is C11H13ClO. The van der Waals surface area contributed by atoms with Gasteiger partial charge in [-0.2, -0.15) is 0 Å². The molecule has 0 bridgehead atoms. The van der Waals surface area contributed by atoms with Crippen molar-refractivity contribution in [1.82, 2.24) is 0 Å². The van der Waals surface area contributed by atoms with E-state index in [4.69, 9.17) is 11.6 Å². The molecule has 0 saturated carbocycles. The second kappa shape index (κ2) is 3.43. The van der Waals surface area contributed by atoms with Crippen LogP contribution < -0.4 is 0 Å². The van der Waals surface area contributed by atoms with Gasteiger partial charge in [0, 0.05) is 16.0 Å². The molecule has 70 valence electrons. The van der Waals surface area contributed by atoms with Crippen LogP contribution in [-0.4, -0.2) is 5.11 Å².